The highest BCUT2D eigenvalue weighted by molar-refractivity contribution is 7.84. The van der Waals surface area contributed by atoms with E-state index in [9.17, 15) is 22.6 Å². The van der Waals surface area contributed by atoms with Gasteiger partial charge in [-0.05, 0) is 49.7 Å². The lowest BCUT2D eigenvalue weighted by Crippen LogP contribution is -2.19. The molecule has 0 atom stereocenters. The Hall–Kier alpha value is -3.49. The van der Waals surface area contributed by atoms with Gasteiger partial charge in [-0.15, -0.1) is 0 Å². The van der Waals surface area contributed by atoms with E-state index in [1.165, 1.54) is 12.1 Å². The minimum absolute atomic E-state index is 0.0374. The van der Waals surface area contributed by atoms with Gasteiger partial charge in [0.25, 0.3) is 0 Å². The van der Waals surface area contributed by atoms with Crippen LogP contribution in [-0.4, -0.2) is 21.9 Å². The fraction of sp³-hybridized carbons (Fsp3) is 0.0909. The van der Waals surface area contributed by atoms with Gasteiger partial charge in [0, 0.05) is 21.7 Å². The van der Waals surface area contributed by atoms with Gasteiger partial charge in [-0.1, -0.05) is 23.8 Å². The summed E-state index contributed by atoms with van der Waals surface area (Å²) in [5.41, 5.74) is 1.65. The molecular formula is C22H16N2O5S. The lowest BCUT2D eigenvalue weighted by atomic mass is 10.00. The second kappa shape index (κ2) is 6.01. The Bertz CT molecular complexity index is 1780. The molecular weight excluding hydrogens is 404 g/mol. The van der Waals surface area contributed by atoms with Gasteiger partial charge in [0.05, 0.1) is 21.9 Å². The summed E-state index contributed by atoms with van der Waals surface area (Å²) >= 11 is 0. The van der Waals surface area contributed by atoms with Crippen molar-refractivity contribution < 1.29 is 13.0 Å². The molecule has 30 heavy (non-hydrogen) atoms. The van der Waals surface area contributed by atoms with Crippen molar-refractivity contribution in [3.05, 3.63) is 80.1 Å². The molecule has 2 aromatic heterocycles. The Morgan fingerprint density at radius 1 is 0.867 bits per heavy atom. The largest absolute Gasteiger partial charge is 0.364 e. The van der Waals surface area contributed by atoms with Crippen LogP contribution in [-0.2, 0) is 10.3 Å². The number of pyridine rings is 2. The molecule has 0 unspecified atom stereocenters. The number of fused-ring (bicyclic) bond motifs is 4. The Balaban J connectivity index is 2.18. The first-order valence-electron chi connectivity index (χ1n) is 9.20. The minimum atomic E-state index is -4.76. The normalized spacial score (nSPS) is 12.4. The fourth-order valence-electron chi connectivity index (χ4n) is 4.18. The summed E-state index contributed by atoms with van der Waals surface area (Å²) in [4.78, 5) is 29.7. The second-order valence-electron chi connectivity index (χ2n) is 7.41. The van der Waals surface area contributed by atoms with Gasteiger partial charge >= 0.3 is 10.3 Å². The third-order valence-electron chi connectivity index (χ3n) is 5.52. The number of hydrogen-bond donors (Lipinski definition) is 2. The van der Waals surface area contributed by atoms with Crippen LogP contribution in [0.1, 0.15) is 11.1 Å². The maximum Gasteiger partial charge on any atom is 0.364 e. The lowest BCUT2D eigenvalue weighted by Gasteiger charge is -2.15. The van der Waals surface area contributed by atoms with E-state index in [1.807, 2.05) is 0 Å². The predicted octanol–water partition coefficient (Wildman–Crippen LogP) is 3.42. The number of benzene rings is 3. The van der Waals surface area contributed by atoms with Crippen molar-refractivity contribution in [2.24, 2.45) is 0 Å². The molecule has 0 spiro atoms. The van der Waals surface area contributed by atoms with Crippen molar-refractivity contribution in [1.29, 1.82) is 0 Å². The summed E-state index contributed by atoms with van der Waals surface area (Å²) in [6.07, 6.45) is 0. The van der Waals surface area contributed by atoms with E-state index in [0.717, 1.165) is 9.54 Å². The first kappa shape index (κ1) is 18.5. The molecule has 5 aromatic rings. The number of H-pyrrole nitrogens is 1. The highest BCUT2D eigenvalue weighted by atomic mass is 32.2. The third kappa shape index (κ3) is 2.44. The highest BCUT2D eigenvalue weighted by Crippen LogP contribution is 2.29. The molecule has 150 valence electrons. The van der Waals surface area contributed by atoms with Crippen LogP contribution in [0.25, 0.3) is 43.6 Å². The van der Waals surface area contributed by atoms with Crippen molar-refractivity contribution in [3.63, 3.8) is 0 Å². The van der Waals surface area contributed by atoms with E-state index < -0.39 is 10.3 Å². The molecule has 0 saturated heterocycles. The molecule has 0 bridgehead atoms. The van der Waals surface area contributed by atoms with Gasteiger partial charge in [0.15, 0.2) is 10.9 Å². The molecule has 0 aliphatic carbocycles. The van der Waals surface area contributed by atoms with E-state index in [0.29, 0.717) is 22.0 Å². The van der Waals surface area contributed by atoms with Crippen LogP contribution in [0.15, 0.2) is 58.1 Å². The number of aromatic amines is 1. The van der Waals surface area contributed by atoms with E-state index in [1.54, 1.807) is 50.2 Å². The number of nitrogens with one attached hydrogen (secondary N) is 1. The summed E-state index contributed by atoms with van der Waals surface area (Å²) in [5.74, 6) is 0. The number of para-hydroxylation sites is 1. The van der Waals surface area contributed by atoms with Crippen LogP contribution >= 0.6 is 0 Å². The lowest BCUT2D eigenvalue weighted by molar-refractivity contribution is 0.476. The number of hydrogen-bond acceptors (Lipinski definition) is 4. The number of aromatic nitrogens is 2. The Morgan fingerprint density at radius 2 is 1.60 bits per heavy atom. The van der Waals surface area contributed by atoms with Crippen molar-refractivity contribution in [1.82, 2.24) is 8.96 Å². The summed E-state index contributed by atoms with van der Waals surface area (Å²) in [6, 6.07) is 13.0. The monoisotopic (exact) mass is 420 g/mol. The zero-order valence-electron chi connectivity index (χ0n) is 16.1. The van der Waals surface area contributed by atoms with Crippen molar-refractivity contribution in [2.45, 2.75) is 13.8 Å². The maximum absolute atomic E-state index is 13.4. The highest BCUT2D eigenvalue weighted by Gasteiger charge is 2.22. The zero-order chi connectivity index (χ0) is 21.4. The van der Waals surface area contributed by atoms with Crippen molar-refractivity contribution >= 4 is 53.9 Å². The summed E-state index contributed by atoms with van der Waals surface area (Å²) in [6.45, 7) is 3.45. The average molecular weight is 420 g/mol. The van der Waals surface area contributed by atoms with Crippen LogP contribution < -0.4 is 10.9 Å². The SMILES string of the molecule is Cc1ccc2c(c1)c(=O)c1c(C)c3[nH]c4ccccc4c(=O)c3cc1n2S(=O)(=O)O. The predicted molar refractivity (Wildman–Crippen MR) is 118 cm³/mol. The molecule has 2 N–H and O–H groups in total. The van der Waals surface area contributed by atoms with Gasteiger partial charge < -0.3 is 4.98 Å². The molecule has 5 rings (SSSR count). The molecule has 0 radical (unpaired) electrons. The number of aryl methyl sites for hydroxylation is 2. The van der Waals surface area contributed by atoms with Crippen molar-refractivity contribution in [3.8, 4) is 0 Å². The maximum atomic E-state index is 13.4. The molecule has 0 aliphatic rings. The van der Waals surface area contributed by atoms with Gasteiger partial charge in [-0.2, -0.15) is 8.42 Å². The molecule has 0 aliphatic heterocycles. The van der Waals surface area contributed by atoms with E-state index in [2.05, 4.69) is 4.98 Å². The van der Waals surface area contributed by atoms with Crippen LogP contribution in [0, 0.1) is 13.8 Å². The molecule has 3 aromatic carbocycles. The first-order valence-corrected chi connectivity index (χ1v) is 10.6. The molecule has 7 nitrogen and oxygen atoms in total. The Kier molecular flexibility index (Phi) is 3.71. The molecule has 0 fully saturated rings. The van der Waals surface area contributed by atoms with Crippen LogP contribution in [0.3, 0.4) is 0 Å². The smallest absolute Gasteiger partial charge is 0.354 e. The summed E-state index contributed by atoms with van der Waals surface area (Å²) < 4.78 is 35.4. The Labute approximate surface area is 170 Å². The minimum Gasteiger partial charge on any atom is -0.354 e. The summed E-state index contributed by atoms with van der Waals surface area (Å²) in [7, 11) is -4.76. The van der Waals surface area contributed by atoms with Gasteiger partial charge in [0.2, 0.25) is 0 Å². The molecule has 0 saturated carbocycles. The number of nitrogens with zero attached hydrogens (tertiary/aromatic N) is 1. The van der Waals surface area contributed by atoms with Gasteiger partial charge in [-0.3, -0.25) is 14.1 Å². The Morgan fingerprint density at radius 3 is 2.33 bits per heavy atom. The van der Waals surface area contributed by atoms with E-state index in [4.69, 9.17) is 0 Å². The van der Waals surface area contributed by atoms with Gasteiger partial charge in [0.1, 0.15) is 0 Å². The average Bonchev–Trinajstić information content (AvgIpc) is 2.69. The molecule has 8 heteroatoms. The zero-order valence-corrected chi connectivity index (χ0v) is 16.9. The van der Waals surface area contributed by atoms with Crippen LogP contribution in [0.2, 0.25) is 0 Å². The molecule has 0 amide bonds. The van der Waals surface area contributed by atoms with Crippen LogP contribution in [0.5, 0.6) is 0 Å². The number of rotatable bonds is 1. The van der Waals surface area contributed by atoms with Crippen LogP contribution in [0.4, 0.5) is 0 Å². The quantitative estimate of drug-likeness (QED) is 0.319. The standard InChI is InChI=1S/C22H16N2O5S/c1-11-7-8-17-14(9-11)22(26)19-12(2)20-15(10-18(19)24(17)30(27,28)29)21(25)13-5-3-4-6-16(13)23-20/h3-10H,1-2H3,(H,23,25)(H,27,28,29). The first-order chi connectivity index (χ1) is 14.2. The second-order valence-corrected chi connectivity index (χ2v) is 8.67. The topological polar surface area (TPSA) is 109 Å². The van der Waals surface area contributed by atoms with E-state index in [-0.39, 0.29) is 38.0 Å². The summed E-state index contributed by atoms with van der Waals surface area (Å²) in [5, 5.41) is 0.984. The van der Waals surface area contributed by atoms with E-state index >= 15 is 0 Å². The molecule has 2 heterocycles. The van der Waals surface area contributed by atoms with Gasteiger partial charge in [-0.25, -0.2) is 3.97 Å². The third-order valence-corrected chi connectivity index (χ3v) is 6.38. The fourth-order valence-corrected chi connectivity index (χ4v) is 4.98. The van der Waals surface area contributed by atoms with Crippen molar-refractivity contribution in [2.75, 3.05) is 0 Å².